The van der Waals surface area contributed by atoms with Gasteiger partial charge in [0.25, 0.3) is 0 Å². The number of fused-ring (bicyclic) bond motifs is 6. The molecule has 0 saturated carbocycles. The second-order valence-corrected chi connectivity index (χ2v) is 12.5. The molecule has 0 bridgehead atoms. The fraction of sp³-hybridized carbons (Fsp3) is 0. The van der Waals surface area contributed by atoms with Crippen LogP contribution in [0.2, 0.25) is 0 Å². The third-order valence-corrected chi connectivity index (χ3v) is 9.76. The average molecular weight is 609 g/mol. The molecule has 0 spiro atoms. The molecule has 4 heteroatoms. The van der Waals surface area contributed by atoms with E-state index < -0.39 is 0 Å². The van der Waals surface area contributed by atoms with Crippen LogP contribution >= 0.6 is 11.3 Å². The monoisotopic (exact) mass is 608 g/mol. The highest BCUT2D eigenvalue weighted by molar-refractivity contribution is 7.25. The van der Waals surface area contributed by atoms with Crippen LogP contribution in [0.25, 0.3) is 42.1 Å². The Morgan fingerprint density at radius 3 is 1.61 bits per heavy atom. The molecule has 46 heavy (non-hydrogen) atoms. The number of rotatable bonds is 6. The summed E-state index contributed by atoms with van der Waals surface area (Å²) in [6.45, 7) is 0. The van der Waals surface area contributed by atoms with Crippen molar-refractivity contribution in [2.45, 2.75) is 0 Å². The Morgan fingerprint density at radius 1 is 0.370 bits per heavy atom. The zero-order valence-corrected chi connectivity index (χ0v) is 25.7. The largest absolute Gasteiger partial charge is 0.454 e. The number of para-hydroxylation sites is 4. The Labute approximate surface area is 270 Å². The molecule has 0 N–H and O–H groups in total. The van der Waals surface area contributed by atoms with E-state index in [0.29, 0.717) is 0 Å². The highest BCUT2D eigenvalue weighted by atomic mass is 32.1. The molecule has 7 aromatic carbocycles. The van der Waals surface area contributed by atoms with Gasteiger partial charge in [-0.05, 0) is 72.8 Å². The fourth-order valence-electron chi connectivity index (χ4n) is 6.55. The van der Waals surface area contributed by atoms with Gasteiger partial charge in [-0.15, -0.1) is 11.3 Å². The van der Waals surface area contributed by atoms with Crippen molar-refractivity contribution in [2.75, 3.05) is 9.80 Å². The maximum Gasteiger partial charge on any atom is 0.159 e. The maximum absolute atomic E-state index is 6.81. The fourth-order valence-corrected chi connectivity index (χ4v) is 7.69. The van der Waals surface area contributed by atoms with E-state index in [1.165, 1.54) is 20.2 Å². The number of furan rings is 1. The van der Waals surface area contributed by atoms with Gasteiger partial charge >= 0.3 is 0 Å². The molecule has 3 nitrogen and oxygen atoms in total. The highest BCUT2D eigenvalue weighted by Gasteiger charge is 2.21. The molecule has 218 valence electrons. The Kier molecular flexibility index (Phi) is 6.32. The first-order valence-electron chi connectivity index (χ1n) is 15.4. The highest BCUT2D eigenvalue weighted by Crippen LogP contribution is 2.45. The number of benzene rings is 7. The number of nitrogens with zero attached hydrogens (tertiary/aromatic N) is 2. The van der Waals surface area contributed by atoms with Gasteiger partial charge in [0.15, 0.2) is 5.58 Å². The Hall–Kier alpha value is -5.84. The van der Waals surface area contributed by atoms with Gasteiger partial charge in [-0.3, -0.25) is 0 Å². The van der Waals surface area contributed by atoms with Crippen LogP contribution in [-0.4, -0.2) is 0 Å². The van der Waals surface area contributed by atoms with Crippen molar-refractivity contribution in [3.8, 4) is 0 Å². The summed E-state index contributed by atoms with van der Waals surface area (Å²) in [5, 5.41) is 4.78. The van der Waals surface area contributed by atoms with E-state index in [2.05, 4.69) is 168 Å². The van der Waals surface area contributed by atoms with Crippen LogP contribution in [0.3, 0.4) is 0 Å². The van der Waals surface area contributed by atoms with Crippen LogP contribution in [0.15, 0.2) is 174 Å². The van der Waals surface area contributed by atoms with E-state index in [9.17, 15) is 0 Å². The molecule has 0 radical (unpaired) electrons. The summed E-state index contributed by atoms with van der Waals surface area (Å²) >= 11 is 1.84. The summed E-state index contributed by atoms with van der Waals surface area (Å²) in [6, 6.07) is 59.9. The topological polar surface area (TPSA) is 19.6 Å². The van der Waals surface area contributed by atoms with Gasteiger partial charge in [0.05, 0.1) is 5.69 Å². The molecule has 0 aliphatic carbocycles. The number of thiophene rings is 1. The standard InChI is InChI=1S/C42H28N2OS/c1-4-13-29(14-5-1)43(33-24-26-36-35-19-10-11-22-40(35)46-41(36)28-33)32-23-25-34-37-20-12-21-38(42(37)45-39(34)27-32)44(30-15-6-2-7-16-30)31-17-8-3-9-18-31/h1-28H. The molecule has 0 fully saturated rings. The van der Waals surface area contributed by atoms with Crippen LogP contribution in [0.4, 0.5) is 34.1 Å². The Morgan fingerprint density at radius 2 is 0.913 bits per heavy atom. The minimum Gasteiger partial charge on any atom is -0.454 e. The maximum atomic E-state index is 6.81. The molecule has 0 unspecified atom stereocenters. The lowest BCUT2D eigenvalue weighted by molar-refractivity contribution is 0.669. The second-order valence-electron chi connectivity index (χ2n) is 11.4. The lowest BCUT2D eigenvalue weighted by atomic mass is 10.1. The van der Waals surface area contributed by atoms with Crippen molar-refractivity contribution in [1.29, 1.82) is 0 Å². The summed E-state index contributed by atoms with van der Waals surface area (Å²) < 4.78 is 9.39. The third-order valence-electron chi connectivity index (χ3n) is 8.62. The van der Waals surface area contributed by atoms with E-state index in [4.69, 9.17) is 4.42 Å². The third kappa shape index (κ3) is 4.42. The molecule has 2 heterocycles. The number of hydrogen-bond acceptors (Lipinski definition) is 4. The van der Waals surface area contributed by atoms with Gasteiger partial charge in [0.1, 0.15) is 5.58 Å². The minimum atomic E-state index is 0.852. The minimum absolute atomic E-state index is 0.852. The normalized spacial score (nSPS) is 11.5. The van der Waals surface area contributed by atoms with E-state index >= 15 is 0 Å². The van der Waals surface area contributed by atoms with Crippen LogP contribution in [-0.2, 0) is 0 Å². The predicted octanol–water partition coefficient (Wildman–Crippen LogP) is 12.9. The summed E-state index contributed by atoms with van der Waals surface area (Å²) in [6.07, 6.45) is 0. The Balaban J connectivity index is 1.22. The molecule has 9 rings (SSSR count). The van der Waals surface area contributed by atoms with Crippen molar-refractivity contribution in [2.24, 2.45) is 0 Å². The summed E-state index contributed by atoms with van der Waals surface area (Å²) in [5.74, 6) is 0. The average Bonchev–Trinajstić information content (AvgIpc) is 3.68. The van der Waals surface area contributed by atoms with Crippen molar-refractivity contribution >= 4 is 87.6 Å². The molecule has 2 aromatic heterocycles. The lowest BCUT2D eigenvalue weighted by Gasteiger charge is -2.25. The molecule has 0 saturated heterocycles. The summed E-state index contributed by atoms with van der Waals surface area (Å²) in [4.78, 5) is 4.58. The molecule has 9 aromatic rings. The summed E-state index contributed by atoms with van der Waals surface area (Å²) in [5.41, 5.74) is 8.12. The van der Waals surface area contributed by atoms with E-state index in [1.807, 2.05) is 23.5 Å². The van der Waals surface area contributed by atoms with Gasteiger partial charge in [-0.1, -0.05) is 91.0 Å². The quantitative estimate of drug-likeness (QED) is 0.187. The number of hydrogen-bond donors (Lipinski definition) is 0. The lowest BCUT2D eigenvalue weighted by Crippen LogP contribution is -2.09. The zero-order chi connectivity index (χ0) is 30.5. The smallest absolute Gasteiger partial charge is 0.159 e. The number of anilines is 6. The van der Waals surface area contributed by atoms with Gasteiger partial charge < -0.3 is 14.2 Å². The van der Waals surface area contributed by atoms with Crippen LogP contribution in [0, 0.1) is 0 Å². The first-order valence-corrected chi connectivity index (χ1v) is 16.3. The van der Waals surface area contributed by atoms with Crippen molar-refractivity contribution in [1.82, 2.24) is 0 Å². The van der Waals surface area contributed by atoms with E-state index in [-0.39, 0.29) is 0 Å². The molecule has 0 aliphatic rings. The predicted molar refractivity (Wildman–Crippen MR) is 196 cm³/mol. The van der Waals surface area contributed by atoms with Gasteiger partial charge in [-0.25, -0.2) is 0 Å². The molecule has 0 amide bonds. The Bertz CT molecular complexity index is 2440. The van der Waals surface area contributed by atoms with Crippen LogP contribution in [0.1, 0.15) is 0 Å². The SMILES string of the molecule is c1ccc(N(c2ccc3c(c2)oc2c(N(c4ccccc4)c4ccccc4)cccc23)c2ccc3c(c2)sc2ccccc23)cc1. The first-order chi connectivity index (χ1) is 22.8. The van der Waals surface area contributed by atoms with Crippen LogP contribution < -0.4 is 9.80 Å². The molecular weight excluding hydrogens is 581 g/mol. The molecule has 0 atom stereocenters. The van der Waals surface area contributed by atoms with Gasteiger partial charge in [0.2, 0.25) is 0 Å². The van der Waals surface area contributed by atoms with Crippen molar-refractivity contribution in [3.05, 3.63) is 170 Å². The van der Waals surface area contributed by atoms with Crippen molar-refractivity contribution in [3.63, 3.8) is 0 Å². The van der Waals surface area contributed by atoms with E-state index in [0.717, 1.165) is 56.1 Å². The molecular formula is C42H28N2OS. The van der Waals surface area contributed by atoms with Gasteiger partial charge in [0, 0.05) is 65.4 Å². The first kappa shape index (κ1) is 26.6. The van der Waals surface area contributed by atoms with Gasteiger partial charge in [-0.2, -0.15) is 0 Å². The van der Waals surface area contributed by atoms with Crippen molar-refractivity contribution < 1.29 is 4.42 Å². The molecule has 0 aliphatic heterocycles. The summed E-state index contributed by atoms with van der Waals surface area (Å²) in [7, 11) is 0. The van der Waals surface area contributed by atoms with Crippen LogP contribution in [0.5, 0.6) is 0 Å². The second kappa shape index (κ2) is 11.0. The zero-order valence-electron chi connectivity index (χ0n) is 24.9. The van der Waals surface area contributed by atoms with E-state index in [1.54, 1.807) is 0 Å².